The number of aromatic nitrogens is 1. The molecule has 2 aromatic carbocycles. The van der Waals surface area contributed by atoms with Crippen molar-refractivity contribution in [1.29, 1.82) is 0 Å². The summed E-state index contributed by atoms with van der Waals surface area (Å²) >= 11 is 2.10. The molecule has 2 heterocycles. The Labute approximate surface area is 252 Å². The predicted octanol–water partition coefficient (Wildman–Crippen LogP) is 6.54. The normalized spacial score (nSPS) is 14.9. The molecule has 0 unspecified atom stereocenters. The summed E-state index contributed by atoms with van der Waals surface area (Å²) in [4.78, 5) is 41.4. The van der Waals surface area contributed by atoms with E-state index in [1.807, 2.05) is 30.3 Å². The molecular weight excluding hydrogens is 643 g/mol. The van der Waals surface area contributed by atoms with E-state index >= 15 is 0 Å². The molecular formula is C30H35IN2O8. The van der Waals surface area contributed by atoms with Crippen molar-refractivity contribution >= 4 is 57.3 Å². The summed E-state index contributed by atoms with van der Waals surface area (Å²) in [7, 11) is 1.24. The van der Waals surface area contributed by atoms with Gasteiger partial charge >= 0.3 is 18.2 Å². The average molecular weight is 679 g/mol. The second-order valence-electron chi connectivity index (χ2n) is 11.6. The summed E-state index contributed by atoms with van der Waals surface area (Å²) in [5, 5.41) is 0.502. The molecule has 4 rings (SSSR count). The lowest BCUT2D eigenvalue weighted by atomic mass is 10.1. The van der Waals surface area contributed by atoms with Crippen molar-refractivity contribution in [1.82, 2.24) is 4.57 Å². The summed E-state index contributed by atoms with van der Waals surface area (Å²) < 4.78 is 29.9. The first-order valence-electron chi connectivity index (χ1n) is 13.2. The van der Waals surface area contributed by atoms with Crippen LogP contribution in [0.25, 0.3) is 10.9 Å². The zero-order valence-electron chi connectivity index (χ0n) is 24.3. The van der Waals surface area contributed by atoms with E-state index in [1.54, 1.807) is 53.7 Å². The lowest BCUT2D eigenvalue weighted by molar-refractivity contribution is 0.0489. The lowest BCUT2D eigenvalue weighted by Gasteiger charge is -2.28. The largest absolute Gasteiger partial charge is 0.487 e. The lowest BCUT2D eigenvalue weighted by Crippen LogP contribution is -2.39. The van der Waals surface area contributed by atoms with Gasteiger partial charge in [-0.15, -0.1) is 0 Å². The van der Waals surface area contributed by atoms with E-state index in [9.17, 15) is 14.4 Å². The van der Waals surface area contributed by atoms with Gasteiger partial charge in [0, 0.05) is 15.0 Å². The first kappa shape index (κ1) is 30.6. The Morgan fingerprint density at radius 2 is 1.66 bits per heavy atom. The summed E-state index contributed by atoms with van der Waals surface area (Å²) in [6, 6.07) is 12.7. The number of ether oxygens (including phenoxy) is 5. The van der Waals surface area contributed by atoms with Crippen LogP contribution >= 0.6 is 22.6 Å². The van der Waals surface area contributed by atoms with Gasteiger partial charge in [0.1, 0.15) is 34.8 Å². The van der Waals surface area contributed by atoms with Gasteiger partial charge in [0.15, 0.2) is 0 Å². The molecule has 1 aliphatic heterocycles. The van der Waals surface area contributed by atoms with Crippen molar-refractivity contribution in [3.05, 3.63) is 57.3 Å². The smallest absolute Gasteiger partial charge is 0.419 e. The Morgan fingerprint density at radius 3 is 2.22 bits per heavy atom. The molecule has 11 heteroatoms. The molecule has 41 heavy (non-hydrogen) atoms. The maximum atomic E-state index is 13.5. The van der Waals surface area contributed by atoms with Crippen LogP contribution in [0.5, 0.6) is 5.75 Å². The molecule has 220 valence electrons. The van der Waals surface area contributed by atoms with Crippen molar-refractivity contribution in [3.8, 4) is 5.75 Å². The number of methoxy groups -OCH3 is 1. The number of rotatable bonds is 7. The van der Waals surface area contributed by atoms with Gasteiger partial charge in [-0.1, -0.05) is 30.3 Å². The summed E-state index contributed by atoms with van der Waals surface area (Å²) in [5.74, 6) is -0.459. The molecule has 1 saturated heterocycles. The standard InChI is InChI=1S/C30H35IN2O8/c1-29(2,3)40-27(35)32(15-19-17-38-19)21-14-23(39-16-18-11-9-8-10-12-18)25-20(24(21)31)13-22(26(34)37-7)33(25)28(36)41-30(4,5)6/h8-14,19H,15-17H2,1-7H3/t19-/m1/s1. The van der Waals surface area contributed by atoms with Gasteiger partial charge in [0.25, 0.3) is 0 Å². The molecule has 0 aliphatic carbocycles. The predicted molar refractivity (Wildman–Crippen MR) is 162 cm³/mol. The number of nitrogens with zero attached hydrogens (tertiary/aromatic N) is 2. The van der Waals surface area contributed by atoms with Gasteiger partial charge in [-0.3, -0.25) is 4.90 Å². The molecule has 1 atom stereocenters. The highest BCUT2D eigenvalue weighted by molar-refractivity contribution is 14.1. The van der Waals surface area contributed by atoms with Gasteiger partial charge in [-0.25, -0.2) is 19.0 Å². The first-order valence-corrected chi connectivity index (χ1v) is 14.2. The second kappa shape index (κ2) is 11.9. The monoisotopic (exact) mass is 678 g/mol. The third kappa shape index (κ3) is 7.50. The van der Waals surface area contributed by atoms with Crippen LogP contribution in [-0.2, 0) is 25.6 Å². The summed E-state index contributed by atoms with van der Waals surface area (Å²) in [6.45, 7) is 11.5. The fourth-order valence-electron chi connectivity index (χ4n) is 4.07. The Kier molecular flexibility index (Phi) is 8.88. The molecule has 0 N–H and O–H groups in total. The maximum absolute atomic E-state index is 13.5. The van der Waals surface area contributed by atoms with Gasteiger partial charge in [0.2, 0.25) is 0 Å². The van der Waals surface area contributed by atoms with E-state index in [2.05, 4.69) is 22.6 Å². The highest BCUT2D eigenvalue weighted by Gasteiger charge is 2.35. The van der Waals surface area contributed by atoms with Crippen LogP contribution in [-0.4, -0.2) is 60.3 Å². The first-order chi connectivity index (χ1) is 19.2. The van der Waals surface area contributed by atoms with Gasteiger partial charge in [-0.05, 0) is 75.8 Å². The quantitative estimate of drug-likeness (QED) is 0.120. The maximum Gasteiger partial charge on any atom is 0.419 e. The number of carbonyl (C=O) groups excluding carboxylic acids is 3. The number of hydrogen-bond donors (Lipinski definition) is 0. The number of carbonyl (C=O) groups is 3. The molecule has 3 aromatic rings. The van der Waals surface area contributed by atoms with Crippen molar-refractivity contribution in [3.63, 3.8) is 0 Å². The summed E-state index contributed by atoms with van der Waals surface area (Å²) in [5.41, 5.74) is 0.0847. The molecule has 1 aromatic heterocycles. The minimum Gasteiger partial charge on any atom is -0.487 e. The van der Waals surface area contributed by atoms with Crippen LogP contribution in [0.1, 0.15) is 57.6 Å². The van der Waals surface area contributed by atoms with E-state index in [-0.39, 0.29) is 30.7 Å². The van der Waals surface area contributed by atoms with Crippen molar-refractivity contribution in [2.45, 2.75) is 65.5 Å². The van der Waals surface area contributed by atoms with Gasteiger partial charge in [-0.2, -0.15) is 0 Å². The Balaban J connectivity index is 1.95. The molecule has 0 bridgehead atoms. The number of anilines is 1. The Hall–Kier alpha value is -3.32. The number of benzene rings is 2. The fraction of sp³-hybridized carbons (Fsp3) is 0.433. The third-order valence-electron chi connectivity index (χ3n) is 5.86. The Bertz CT molecular complexity index is 1450. The van der Waals surface area contributed by atoms with E-state index < -0.39 is 29.4 Å². The zero-order chi connectivity index (χ0) is 30.1. The van der Waals surface area contributed by atoms with Gasteiger partial charge < -0.3 is 23.7 Å². The number of epoxide rings is 1. The topological polar surface area (TPSA) is 109 Å². The number of halogens is 1. The van der Waals surface area contributed by atoms with E-state index in [0.29, 0.717) is 26.8 Å². The van der Waals surface area contributed by atoms with Crippen LogP contribution in [0.3, 0.4) is 0 Å². The third-order valence-corrected chi connectivity index (χ3v) is 7.00. The molecule has 1 aliphatic rings. The minimum atomic E-state index is -0.836. The molecule has 0 saturated carbocycles. The zero-order valence-corrected chi connectivity index (χ0v) is 26.4. The van der Waals surface area contributed by atoms with E-state index in [0.717, 1.165) is 5.56 Å². The van der Waals surface area contributed by atoms with Crippen molar-refractivity contribution < 1.29 is 38.1 Å². The number of amides is 1. The SMILES string of the molecule is COC(=O)c1cc2c(I)c(N(C[C@@H]3CO3)C(=O)OC(C)(C)C)cc(OCc3ccccc3)c2n1C(=O)OC(C)(C)C. The number of fused-ring (bicyclic) bond motifs is 1. The number of esters is 1. The molecule has 0 radical (unpaired) electrons. The molecule has 1 fully saturated rings. The van der Waals surface area contributed by atoms with Crippen molar-refractivity contribution in [2.75, 3.05) is 25.2 Å². The second-order valence-corrected chi connectivity index (χ2v) is 12.7. The number of hydrogen-bond acceptors (Lipinski definition) is 8. The van der Waals surface area contributed by atoms with Crippen LogP contribution in [0, 0.1) is 3.57 Å². The van der Waals surface area contributed by atoms with Crippen LogP contribution in [0.15, 0.2) is 42.5 Å². The Morgan fingerprint density at radius 1 is 1.02 bits per heavy atom. The molecule has 10 nitrogen and oxygen atoms in total. The van der Waals surface area contributed by atoms with Gasteiger partial charge in [0.05, 0.1) is 32.1 Å². The van der Waals surface area contributed by atoms with Crippen LogP contribution in [0.4, 0.5) is 15.3 Å². The fourth-order valence-corrected chi connectivity index (χ4v) is 4.93. The average Bonchev–Trinajstić information content (AvgIpc) is 3.61. The highest BCUT2D eigenvalue weighted by atomic mass is 127. The van der Waals surface area contributed by atoms with Crippen molar-refractivity contribution in [2.24, 2.45) is 0 Å². The highest BCUT2D eigenvalue weighted by Crippen LogP contribution is 2.41. The molecule has 1 amide bonds. The van der Waals surface area contributed by atoms with Crippen LogP contribution in [0.2, 0.25) is 0 Å². The summed E-state index contributed by atoms with van der Waals surface area (Å²) in [6.07, 6.45) is -1.46. The molecule has 0 spiro atoms. The van der Waals surface area contributed by atoms with E-state index in [1.165, 1.54) is 16.6 Å². The van der Waals surface area contributed by atoms with Crippen LogP contribution < -0.4 is 9.64 Å². The minimum absolute atomic E-state index is 0.0364. The van der Waals surface area contributed by atoms with E-state index in [4.69, 9.17) is 23.7 Å².